The summed E-state index contributed by atoms with van der Waals surface area (Å²) in [5, 5.41) is 4.24. The summed E-state index contributed by atoms with van der Waals surface area (Å²) in [5.74, 6) is 0.984. The second-order valence-corrected chi connectivity index (χ2v) is 11.1. The summed E-state index contributed by atoms with van der Waals surface area (Å²) in [6.07, 6.45) is 4.01. The summed E-state index contributed by atoms with van der Waals surface area (Å²) in [6.45, 7) is 8.78. The molecule has 1 N–H and O–H groups in total. The first-order chi connectivity index (χ1) is 21.5. The number of amides is 1. The number of nitrogens with one attached hydrogen (secondary N) is 1. The number of allylic oxidation sites excluding steroid dienone is 1. The Bertz CT molecular complexity index is 1760. The van der Waals surface area contributed by atoms with E-state index in [2.05, 4.69) is 68.8 Å². The van der Waals surface area contributed by atoms with E-state index in [1.54, 1.807) is 18.3 Å². The Morgan fingerprint density at radius 3 is 2.41 bits per heavy atom. The summed E-state index contributed by atoms with van der Waals surface area (Å²) >= 11 is 3.47. The van der Waals surface area contributed by atoms with Crippen molar-refractivity contribution in [1.82, 2.24) is 9.99 Å². The largest absolute Gasteiger partial charge is 0.490 e. The van der Waals surface area contributed by atoms with E-state index < -0.39 is 0 Å². The fraction of sp³-hybridized carbons (Fsp3) is 0.135. The normalized spacial score (nSPS) is 11.0. The number of hydrogen-bond acceptors (Lipinski definition) is 4. The van der Waals surface area contributed by atoms with Gasteiger partial charge in [0.1, 0.15) is 6.61 Å². The zero-order valence-electron chi connectivity index (χ0n) is 24.8. The zero-order chi connectivity index (χ0) is 30.9. The van der Waals surface area contributed by atoms with Gasteiger partial charge in [-0.1, -0.05) is 64.5 Å². The molecule has 222 valence electrons. The van der Waals surface area contributed by atoms with Crippen molar-refractivity contribution in [3.63, 3.8) is 0 Å². The van der Waals surface area contributed by atoms with Crippen molar-refractivity contribution in [3.8, 4) is 28.4 Å². The van der Waals surface area contributed by atoms with Gasteiger partial charge in [0.15, 0.2) is 11.5 Å². The van der Waals surface area contributed by atoms with Crippen LogP contribution in [0.3, 0.4) is 0 Å². The van der Waals surface area contributed by atoms with Crippen LogP contribution in [0.25, 0.3) is 16.9 Å². The maximum absolute atomic E-state index is 12.9. The molecule has 0 bridgehead atoms. The van der Waals surface area contributed by atoms with E-state index in [4.69, 9.17) is 9.47 Å². The first-order valence-corrected chi connectivity index (χ1v) is 15.2. The molecule has 5 rings (SSSR count). The molecule has 4 aromatic carbocycles. The third-order valence-electron chi connectivity index (χ3n) is 7.03. The highest BCUT2D eigenvalue weighted by molar-refractivity contribution is 9.10. The van der Waals surface area contributed by atoms with Crippen molar-refractivity contribution in [3.05, 3.63) is 148 Å². The molecular formula is C37H34BrN3O3. The van der Waals surface area contributed by atoms with Crippen LogP contribution in [0.15, 0.2) is 125 Å². The van der Waals surface area contributed by atoms with Crippen molar-refractivity contribution in [2.45, 2.75) is 26.9 Å². The van der Waals surface area contributed by atoms with Gasteiger partial charge in [-0.2, -0.15) is 5.10 Å². The molecule has 0 aliphatic rings. The summed E-state index contributed by atoms with van der Waals surface area (Å²) in [5.41, 5.74) is 10.2. The van der Waals surface area contributed by atoms with Crippen LogP contribution in [0.4, 0.5) is 0 Å². The molecule has 0 saturated carbocycles. The fourth-order valence-corrected chi connectivity index (χ4v) is 5.20. The number of nitrogens with zero attached hydrogens (tertiary/aromatic N) is 2. The van der Waals surface area contributed by atoms with Gasteiger partial charge < -0.3 is 14.0 Å². The molecule has 0 spiro atoms. The highest BCUT2D eigenvalue weighted by atomic mass is 79.9. The minimum atomic E-state index is -0.300. The number of carbonyl (C=O) groups is 1. The summed E-state index contributed by atoms with van der Waals surface area (Å²) in [7, 11) is 0. The van der Waals surface area contributed by atoms with E-state index in [-0.39, 0.29) is 5.91 Å². The van der Waals surface area contributed by atoms with Crippen molar-refractivity contribution in [1.29, 1.82) is 0 Å². The average molecular weight is 649 g/mol. The number of hydrazone groups is 1. The maximum atomic E-state index is 12.9. The molecule has 1 amide bonds. The van der Waals surface area contributed by atoms with E-state index in [0.717, 1.165) is 43.8 Å². The molecule has 6 nitrogen and oxygen atoms in total. The van der Waals surface area contributed by atoms with Crippen molar-refractivity contribution >= 4 is 28.1 Å². The van der Waals surface area contributed by atoms with Crippen LogP contribution in [0.2, 0.25) is 0 Å². The standard InChI is InChI=1S/C37H34BrN3O3/c1-4-9-31-22-28(23-35(43-5-2)36(31)44-25-27-13-17-32(38)18-14-27)24-39-40-37(42)30-15-19-33(20-16-30)41-26(3)12-21-34(41)29-10-7-6-8-11-29/h4,6-8,10-24H,1,5,9,25H2,2-3H3,(H,40,42)/b39-24+. The molecule has 0 saturated heterocycles. The summed E-state index contributed by atoms with van der Waals surface area (Å²) in [4.78, 5) is 12.9. The molecule has 1 aromatic heterocycles. The average Bonchev–Trinajstić information content (AvgIpc) is 3.43. The third kappa shape index (κ3) is 7.36. The van der Waals surface area contributed by atoms with Gasteiger partial charge in [0.05, 0.1) is 18.5 Å². The van der Waals surface area contributed by atoms with Crippen LogP contribution >= 0.6 is 15.9 Å². The van der Waals surface area contributed by atoms with Crippen LogP contribution in [0, 0.1) is 6.92 Å². The molecule has 0 fully saturated rings. The lowest BCUT2D eigenvalue weighted by atomic mass is 10.1. The van der Waals surface area contributed by atoms with Gasteiger partial charge in [-0.05, 0) is 97.6 Å². The maximum Gasteiger partial charge on any atom is 0.271 e. The molecule has 1 heterocycles. The van der Waals surface area contributed by atoms with E-state index in [9.17, 15) is 4.79 Å². The molecule has 5 aromatic rings. The molecule has 0 unspecified atom stereocenters. The Morgan fingerprint density at radius 2 is 1.70 bits per heavy atom. The van der Waals surface area contributed by atoms with Crippen LogP contribution < -0.4 is 14.9 Å². The smallest absolute Gasteiger partial charge is 0.271 e. The van der Waals surface area contributed by atoms with Gasteiger partial charge in [-0.15, -0.1) is 6.58 Å². The minimum Gasteiger partial charge on any atom is -0.490 e. The van der Waals surface area contributed by atoms with Gasteiger partial charge in [-0.3, -0.25) is 4.79 Å². The minimum absolute atomic E-state index is 0.300. The first kappa shape index (κ1) is 30.6. The van der Waals surface area contributed by atoms with Gasteiger partial charge in [0.25, 0.3) is 5.91 Å². The lowest BCUT2D eigenvalue weighted by Crippen LogP contribution is -2.17. The van der Waals surface area contributed by atoms with Crippen LogP contribution in [-0.4, -0.2) is 23.3 Å². The second-order valence-electron chi connectivity index (χ2n) is 10.2. The quantitative estimate of drug-likeness (QED) is 0.0837. The van der Waals surface area contributed by atoms with Crippen molar-refractivity contribution in [2.24, 2.45) is 5.10 Å². The van der Waals surface area contributed by atoms with Crippen LogP contribution in [0.1, 0.15) is 39.7 Å². The second kappa shape index (κ2) is 14.5. The molecule has 0 aliphatic carbocycles. The lowest BCUT2D eigenvalue weighted by molar-refractivity contribution is 0.0955. The number of ether oxygens (including phenoxy) is 2. The number of benzene rings is 4. The Morgan fingerprint density at radius 1 is 0.955 bits per heavy atom. The van der Waals surface area contributed by atoms with E-state index in [1.165, 1.54) is 0 Å². The van der Waals surface area contributed by atoms with Crippen molar-refractivity contribution in [2.75, 3.05) is 6.61 Å². The molecule has 44 heavy (non-hydrogen) atoms. The van der Waals surface area contributed by atoms with Crippen LogP contribution in [0.5, 0.6) is 11.5 Å². The van der Waals surface area contributed by atoms with Gasteiger partial charge >= 0.3 is 0 Å². The fourth-order valence-electron chi connectivity index (χ4n) is 4.94. The third-order valence-corrected chi connectivity index (χ3v) is 7.56. The van der Waals surface area contributed by atoms with Gasteiger partial charge in [0.2, 0.25) is 0 Å². The Hall–Kier alpha value is -4.88. The number of carbonyl (C=O) groups excluding carboxylic acids is 1. The molecule has 0 radical (unpaired) electrons. The van der Waals surface area contributed by atoms with E-state index >= 15 is 0 Å². The Labute approximate surface area is 266 Å². The summed E-state index contributed by atoms with van der Waals surface area (Å²) < 4.78 is 15.4. The monoisotopic (exact) mass is 647 g/mol. The SMILES string of the molecule is C=CCc1cc(/C=N/NC(=O)c2ccc(-n3c(C)ccc3-c3ccccc3)cc2)cc(OCC)c1OCc1ccc(Br)cc1. The van der Waals surface area contributed by atoms with Crippen molar-refractivity contribution < 1.29 is 14.3 Å². The van der Waals surface area contributed by atoms with Gasteiger partial charge in [-0.25, -0.2) is 5.43 Å². The number of halogens is 1. The van der Waals surface area contributed by atoms with E-state index in [0.29, 0.717) is 36.7 Å². The molecule has 7 heteroatoms. The lowest BCUT2D eigenvalue weighted by Gasteiger charge is -2.17. The van der Waals surface area contributed by atoms with Gasteiger partial charge in [0, 0.05) is 27.0 Å². The molecule has 0 aliphatic heterocycles. The van der Waals surface area contributed by atoms with Crippen LogP contribution in [-0.2, 0) is 13.0 Å². The first-order valence-electron chi connectivity index (χ1n) is 14.4. The number of hydrogen-bond donors (Lipinski definition) is 1. The number of aryl methyl sites for hydroxylation is 1. The molecular weight excluding hydrogens is 614 g/mol. The Kier molecular flexibility index (Phi) is 10.1. The topological polar surface area (TPSA) is 64.9 Å². The number of aromatic nitrogens is 1. The summed E-state index contributed by atoms with van der Waals surface area (Å²) in [6, 6.07) is 33.8. The zero-order valence-corrected chi connectivity index (χ0v) is 26.4. The van der Waals surface area contributed by atoms with E-state index in [1.807, 2.05) is 79.7 Å². The highest BCUT2D eigenvalue weighted by Crippen LogP contribution is 2.34. The Balaban J connectivity index is 1.30. The number of rotatable bonds is 12. The predicted molar refractivity (Wildman–Crippen MR) is 181 cm³/mol. The highest BCUT2D eigenvalue weighted by Gasteiger charge is 2.14. The molecule has 0 atom stereocenters. The predicted octanol–water partition coefficient (Wildman–Crippen LogP) is 8.69.